The normalized spacial score (nSPS) is 14.6. The number of benzene rings is 1. The topological polar surface area (TPSA) is 58.6 Å². The molecule has 0 heterocycles. The Morgan fingerprint density at radius 1 is 1.32 bits per heavy atom. The van der Waals surface area contributed by atoms with E-state index in [1.165, 1.54) is 0 Å². The van der Waals surface area contributed by atoms with Crippen molar-refractivity contribution in [1.29, 1.82) is 0 Å². The Bertz CT molecular complexity index is 398. The fraction of sp³-hybridized carbons (Fsp3) is 0.533. The van der Waals surface area contributed by atoms with E-state index < -0.39 is 11.7 Å². The third-order valence-electron chi connectivity index (χ3n) is 2.83. The van der Waals surface area contributed by atoms with Gasteiger partial charge >= 0.3 is 6.09 Å². The molecule has 0 aliphatic heterocycles. The molecule has 0 aliphatic rings. The molecule has 2 atom stereocenters. The Hall–Kier alpha value is -1.55. The lowest BCUT2D eigenvalue weighted by Gasteiger charge is -2.26. The highest BCUT2D eigenvalue weighted by Crippen LogP contribution is 2.19. The van der Waals surface area contributed by atoms with Crippen molar-refractivity contribution in [3.63, 3.8) is 0 Å². The molecule has 0 saturated carbocycles. The lowest BCUT2D eigenvalue weighted by atomic mass is 9.94. The van der Waals surface area contributed by atoms with Gasteiger partial charge in [-0.15, -0.1) is 0 Å². The first kappa shape index (κ1) is 15.5. The van der Waals surface area contributed by atoms with E-state index in [4.69, 9.17) is 4.74 Å². The number of aliphatic hydroxyl groups excluding tert-OH is 1. The molecule has 1 rings (SSSR count). The Kier molecular flexibility index (Phi) is 5.36. The summed E-state index contributed by atoms with van der Waals surface area (Å²) in [6.45, 7) is 7.26. The molecular weight excluding hydrogens is 242 g/mol. The number of nitrogens with one attached hydrogen (secondary N) is 1. The SMILES string of the molecule is C[C@H](c1ccccc1)[C@@H](CO)NC(=O)OC(C)(C)C. The molecule has 4 heteroatoms. The highest BCUT2D eigenvalue weighted by atomic mass is 16.6. The quantitative estimate of drug-likeness (QED) is 0.880. The number of alkyl carbamates (subject to hydrolysis) is 1. The van der Waals surface area contributed by atoms with Gasteiger partial charge in [-0.05, 0) is 26.3 Å². The number of hydrogen-bond acceptors (Lipinski definition) is 3. The number of amides is 1. The van der Waals surface area contributed by atoms with Gasteiger partial charge in [0.05, 0.1) is 12.6 Å². The largest absolute Gasteiger partial charge is 0.444 e. The van der Waals surface area contributed by atoms with E-state index in [1.54, 1.807) is 20.8 Å². The molecule has 0 spiro atoms. The highest BCUT2D eigenvalue weighted by Gasteiger charge is 2.23. The van der Waals surface area contributed by atoms with Crippen LogP contribution in [0.25, 0.3) is 0 Å². The fourth-order valence-corrected chi connectivity index (χ4v) is 1.78. The lowest BCUT2D eigenvalue weighted by Crippen LogP contribution is -2.43. The van der Waals surface area contributed by atoms with E-state index >= 15 is 0 Å². The van der Waals surface area contributed by atoms with E-state index in [-0.39, 0.29) is 18.6 Å². The first-order valence-corrected chi connectivity index (χ1v) is 6.49. The highest BCUT2D eigenvalue weighted by molar-refractivity contribution is 5.68. The van der Waals surface area contributed by atoms with Gasteiger partial charge in [0.2, 0.25) is 0 Å². The van der Waals surface area contributed by atoms with Gasteiger partial charge in [0.25, 0.3) is 0 Å². The molecule has 0 aliphatic carbocycles. The molecule has 0 fully saturated rings. The van der Waals surface area contributed by atoms with Crippen LogP contribution in [0.15, 0.2) is 30.3 Å². The standard InChI is InChI=1S/C15H23NO3/c1-11(12-8-6-5-7-9-12)13(10-17)16-14(18)19-15(2,3)4/h5-9,11,13,17H,10H2,1-4H3,(H,16,18)/t11-,13-/m1/s1. The van der Waals surface area contributed by atoms with Crippen LogP contribution in [0.3, 0.4) is 0 Å². The molecule has 0 unspecified atom stereocenters. The van der Waals surface area contributed by atoms with Crippen LogP contribution in [-0.2, 0) is 4.74 Å². The molecule has 0 saturated heterocycles. The van der Waals surface area contributed by atoms with E-state index in [0.717, 1.165) is 5.56 Å². The zero-order valence-corrected chi connectivity index (χ0v) is 12.0. The molecule has 1 amide bonds. The minimum absolute atomic E-state index is 0.0127. The van der Waals surface area contributed by atoms with Crippen LogP contribution in [-0.4, -0.2) is 29.4 Å². The van der Waals surface area contributed by atoms with Crippen LogP contribution >= 0.6 is 0 Å². The summed E-state index contributed by atoms with van der Waals surface area (Å²) in [5, 5.41) is 12.1. The maximum absolute atomic E-state index is 11.7. The van der Waals surface area contributed by atoms with Crippen LogP contribution in [0.5, 0.6) is 0 Å². The zero-order valence-electron chi connectivity index (χ0n) is 12.0. The van der Waals surface area contributed by atoms with Gasteiger partial charge in [-0.2, -0.15) is 0 Å². The number of carbonyl (C=O) groups excluding carboxylic acids is 1. The van der Waals surface area contributed by atoms with Crippen molar-refractivity contribution < 1.29 is 14.6 Å². The van der Waals surface area contributed by atoms with Crippen molar-refractivity contribution in [3.05, 3.63) is 35.9 Å². The van der Waals surface area contributed by atoms with E-state index in [1.807, 2.05) is 37.3 Å². The Morgan fingerprint density at radius 2 is 1.89 bits per heavy atom. The molecule has 106 valence electrons. The molecule has 1 aromatic carbocycles. The van der Waals surface area contributed by atoms with E-state index in [9.17, 15) is 9.90 Å². The molecule has 0 bridgehead atoms. The Morgan fingerprint density at radius 3 is 2.37 bits per heavy atom. The monoisotopic (exact) mass is 265 g/mol. The summed E-state index contributed by atoms with van der Waals surface area (Å²) < 4.78 is 5.19. The molecule has 0 aromatic heterocycles. The van der Waals surface area contributed by atoms with Crippen LogP contribution in [0, 0.1) is 0 Å². The second-order valence-electron chi connectivity index (χ2n) is 5.63. The summed E-state index contributed by atoms with van der Waals surface area (Å²) in [6, 6.07) is 9.40. The zero-order chi connectivity index (χ0) is 14.5. The van der Waals surface area contributed by atoms with E-state index in [0.29, 0.717) is 0 Å². The number of hydrogen-bond donors (Lipinski definition) is 2. The third kappa shape index (κ3) is 5.30. The molecular formula is C15H23NO3. The van der Waals surface area contributed by atoms with Crippen molar-refractivity contribution in [3.8, 4) is 0 Å². The summed E-state index contributed by atoms with van der Waals surface area (Å²) in [5.74, 6) is 0.0127. The van der Waals surface area contributed by atoms with Gasteiger partial charge in [-0.1, -0.05) is 37.3 Å². The minimum atomic E-state index is -0.542. The Labute approximate surface area is 114 Å². The first-order chi connectivity index (χ1) is 8.83. The second kappa shape index (κ2) is 6.57. The number of ether oxygens (including phenoxy) is 1. The molecule has 1 aromatic rings. The predicted octanol–water partition coefficient (Wildman–Crippen LogP) is 2.68. The minimum Gasteiger partial charge on any atom is -0.444 e. The van der Waals surface area contributed by atoms with Gasteiger partial charge in [0.15, 0.2) is 0 Å². The number of aliphatic hydroxyl groups is 1. The smallest absolute Gasteiger partial charge is 0.407 e. The van der Waals surface area contributed by atoms with E-state index in [2.05, 4.69) is 5.32 Å². The molecule has 2 N–H and O–H groups in total. The Balaban J connectivity index is 2.66. The molecule has 4 nitrogen and oxygen atoms in total. The maximum Gasteiger partial charge on any atom is 0.407 e. The van der Waals surface area contributed by atoms with Crippen molar-refractivity contribution >= 4 is 6.09 Å². The first-order valence-electron chi connectivity index (χ1n) is 6.49. The van der Waals surface area contributed by atoms with Crippen LogP contribution in [0.4, 0.5) is 4.79 Å². The van der Waals surface area contributed by atoms with Gasteiger partial charge in [-0.25, -0.2) is 4.79 Å². The fourth-order valence-electron chi connectivity index (χ4n) is 1.78. The average molecular weight is 265 g/mol. The van der Waals surface area contributed by atoms with Crippen LogP contribution in [0.2, 0.25) is 0 Å². The summed E-state index contributed by atoms with van der Waals surface area (Å²) in [7, 11) is 0. The summed E-state index contributed by atoms with van der Waals surface area (Å²) >= 11 is 0. The summed E-state index contributed by atoms with van der Waals surface area (Å²) in [5.41, 5.74) is 0.526. The second-order valence-corrected chi connectivity index (χ2v) is 5.63. The predicted molar refractivity (Wildman–Crippen MR) is 75.1 cm³/mol. The summed E-state index contributed by atoms with van der Waals surface area (Å²) in [6.07, 6.45) is -0.505. The van der Waals surface area contributed by atoms with Crippen LogP contribution < -0.4 is 5.32 Å². The third-order valence-corrected chi connectivity index (χ3v) is 2.83. The van der Waals surface area contributed by atoms with Gasteiger partial charge < -0.3 is 15.2 Å². The number of rotatable bonds is 4. The van der Waals surface area contributed by atoms with Gasteiger partial charge in [0, 0.05) is 5.92 Å². The molecule has 19 heavy (non-hydrogen) atoms. The lowest BCUT2D eigenvalue weighted by molar-refractivity contribution is 0.0473. The van der Waals surface area contributed by atoms with Gasteiger partial charge in [0.1, 0.15) is 5.60 Å². The van der Waals surface area contributed by atoms with Crippen molar-refractivity contribution in [2.45, 2.75) is 45.3 Å². The molecule has 0 radical (unpaired) electrons. The van der Waals surface area contributed by atoms with Crippen molar-refractivity contribution in [1.82, 2.24) is 5.32 Å². The number of carbonyl (C=O) groups is 1. The van der Waals surface area contributed by atoms with Gasteiger partial charge in [-0.3, -0.25) is 0 Å². The average Bonchev–Trinajstić information content (AvgIpc) is 2.34. The summed E-state index contributed by atoms with van der Waals surface area (Å²) in [4.78, 5) is 11.7. The van der Waals surface area contributed by atoms with Crippen LogP contribution in [0.1, 0.15) is 39.2 Å². The maximum atomic E-state index is 11.7. The van der Waals surface area contributed by atoms with Crippen molar-refractivity contribution in [2.75, 3.05) is 6.61 Å². The van der Waals surface area contributed by atoms with Crippen molar-refractivity contribution in [2.24, 2.45) is 0 Å².